The molecular formula is C52H65Cl2N13O2P4. The number of hydrogen-bond acceptors (Lipinski definition) is 8. The molecule has 0 aliphatic rings. The van der Waals surface area contributed by atoms with E-state index in [0.29, 0.717) is 16.6 Å². The van der Waals surface area contributed by atoms with E-state index in [0.717, 1.165) is 54.4 Å². The van der Waals surface area contributed by atoms with Gasteiger partial charge in [-0.05, 0) is 135 Å². The summed E-state index contributed by atoms with van der Waals surface area (Å²) in [4.78, 5) is 41.6. The normalized spacial score (nSPS) is 9.63. The molecule has 12 aromatic rings. The largest absolute Gasteiger partial charge is 0.478 e. The number of H-pyrrole nitrogens is 2. The van der Waals surface area contributed by atoms with Crippen LogP contribution in [0.5, 0.6) is 0 Å². The zero-order chi connectivity index (χ0) is 47.6. The van der Waals surface area contributed by atoms with Gasteiger partial charge in [0.05, 0.1) is 27.2 Å². The Bertz CT molecular complexity index is 3540. The van der Waals surface area contributed by atoms with Gasteiger partial charge in [0.15, 0.2) is 0 Å². The highest BCUT2D eigenvalue weighted by atomic mass is 35.5. The number of nitrogens with one attached hydrogen (secondary N) is 2. The molecule has 12 heterocycles. The summed E-state index contributed by atoms with van der Waals surface area (Å²) in [6, 6.07) is 24.5. The van der Waals surface area contributed by atoms with E-state index >= 15 is 0 Å². The van der Waals surface area contributed by atoms with Crippen molar-refractivity contribution in [3.63, 3.8) is 0 Å². The average Bonchev–Trinajstić information content (AvgIpc) is 4.21. The molecule has 0 saturated heterocycles. The molecule has 4 atom stereocenters. The number of hydrogen-bond donors (Lipinski definition) is 3. The number of carbonyl (C=O) groups is 1. The highest BCUT2D eigenvalue weighted by Crippen LogP contribution is 2.24. The first-order valence-corrected chi connectivity index (χ1v) is 22.7. The van der Waals surface area contributed by atoms with E-state index in [1.165, 1.54) is 34.2 Å². The minimum atomic E-state index is -0.927. The number of aryl methyl sites for hydroxylation is 2. The van der Waals surface area contributed by atoms with Gasteiger partial charge in [0.25, 0.3) is 0 Å². The van der Waals surface area contributed by atoms with Crippen LogP contribution in [-0.4, -0.2) is 68.3 Å². The molecule has 0 aromatic carbocycles. The van der Waals surface area contributed by atoms with Gasteiger partial charge in [0, 0.05) is 107 Å². The van der Waals surface area contributed by atoms with Gasteiger partial charge >= 0.3 is 5.97 Å². The second-order valence-electron chi connectivity index (χ2n) is 14.3. The van der Waals surface area contributed by atoms with Crippen LogP contribution in [0.3, 0.4) is 0 Å². The fraction of sp³-hybridized carbons (Fsp3) is 0.154. The Kier molecular flexibility index (Phi) is 26.3. The molecule has 12 rings (SSSR count). The molecule has 4 unspecified atom stereocenters. The molecular weight excluding hydrogens is 1030 g/mol. The van der Waals surface area contributed by atoms with Gasteiger partial charge < -0.3 is 32.4 Å². The topological polar surface area (TPSA) is 190 Å². The van der Waals surface area contributed by atoms with E-state index in [2.05, 4.69) is 103 Å². The van der Waals surface area contributed by atoms with E-state index in [9.17, 15) is 4.79 Å². The van der Waals surface area contributed by atoms with Crippen molar-refractivity contribution in [1.82, 2.24) is 57.2 Å². The van der Waals surface area contributed by atoms with Crippen molar-refractivity contribution in [3.8, 4) is 6.07 Å². The third kappa shape index (κ3) is 15.2. The van der Waals surface area contributed by atoms with Gasteiger partial charge in [-0.3, -0.25) is 0 Å². The average molecular weight is 1100 g/mol. The first-order valence-electron chi connectivity index (χ1n) is 19.9. The predicted octanol–water partition coefficient (Wildman–Crippen LogP) is 15.1. The van der Waals surface area contributed by atoms with Gasteiger partial charge in [0.1, 0.15) is 33.9 Å². The van der Waals surface area contributed by atoms with Gasteiger partial charge in [-0.25, -0.2) is 34.7 Å². The molecule has 384 valence electrons. The number of carboxylic acid groups (broad SMARTS) is 1. The molecule has 73 heavy (non-hydrogen) atoms. The fourth-order valence-corrected chi connectivity index (χ4v) is 8.22. The molecule has 12 aromatic heterocycles. The van der Waals surface area contributed by atoms with E-state index in [-0.39, 0.29) is 50.1 Å². The van der Waals surface area contributed by atoms with E-state index in [4.69, 9.17) is 33.6 Å². The summed E-state index contributed by atoms with van der Waals surface area (Å²) in [5.41, 5.74) is 8.70. The number of aromatic amines is 2. The number of aromatic nitrogens is 12. The summed E-state index contributed by atoms with van der Waals surface area (Å²) in [5.74, 6) is -0.927. The smallest absolute Gasteiger partial charge is 0.336 e. The first-order chi connectivity index (χ1) is 32.4. The van der Waals surface area contributed by atoms with Gasteiger partial charge in [0.2, 0.25) is 0 Å². The molecule has 0 aliphatic carbocycles. The Hall–Kier alpha value is -6.60. The van der Waals surface area contributed by atoms with Gasteiger partial charge in [-0.1, -0.05) is 67.8 Å². The lowest BCUT2D eigenvalue weighted by Crippen LogP contribution is -1.97. The molecule has 0 bridgehead atoms. The van der Waals surface area contributed by atoms with Crippen molar-refractivity contribution in [2.75, 3.05) is 0 Å². The van der Waals surface area contributed by atoms with E-state index < -0.39 is 5.97 Å². The number of halogens is 2. The third-order valence-corrected chi connectivity index (χ3v) is 12.4. The number of fused-ring (bicyclic) bond motifs is 6. The van der Waals surface area contributed by atoms with Crippen molar-refractivity contribution in [1.29, 1.82) is 5.26 Å². The number of nitrogens with zero attached hydrogens (tertiary/aromatic N) is 11. The molecule has 15 nitrogen and oxygen atoms in total. The lowest BCUT2D eigenvalue weighted by atomic mass is 10.2. The number of aromatic carboxylic acids is 1. The van der Waals surface area contributed by atoms with Crippen molar-refractivity contribution in [2.45, 2.75) is 58.4 Å². The summed E-state index contributed by atoms with van der Waals surface area (Å²) >= 11 is 11.7. The molecule has 0 spiro atoms. The van der Waals surface area contributed by atoms with Crippen LogP contribution in [0.1, 0.15) is 71.6 Å². The maximum atomic E-state index is 10.8. The predicted molar refractivity (Wildman–Crippen MR) is 323 cm³/mol. The lowest BCUT2D eigenvalue weighted by molar-refractivity contribution is 0.0699. The van der Waals surface area contributed by atoms with E-state index in [1.54, 1.807) is 53.4 Å². The Morgan fingerprint density at radius 2 is 0.863 bits per heavy atom. The maximum absolute atomic E-state index is 10.8. The molecule has 3 N–H and O–H groups in total. The van der Waals surface area contributed by atoms with E-state index in [1.807, 2.05) is 92.8 Å². The number of carboxylic acids is 1. The minimum absolute atomic E-state index is 0. The lowest BCUT2D eigenvalue weighted by Gasteiger charge is -1.97. The summed E-state index contributed by atoms with van der Waals surface area (Å²) in [5, 5.41) is 25.0. The van der Waals surface area contributed by atoms with Crippen molar-refractivity contribution in [2.24, 2.45) is 0 Å². The molecule has 0 radical (unpaired) electrons. The van der Waals surface area contributed by atoms with Crippen LogP contribution in [0.2, 0.25) is 10.0 Å². The Morgan fingerprint density at radius 3 is 1.36 bits per heavy atom. The molecule has 0 fully saturated rings. The van der Waals surface area contributed by atoms with Crippen LogP contribution in [-0.2, 0) is 0 Å². The number of nitriles is 1. The maximum Gasteiger partial charge on any atom is 0.336 e. The van der Waals surface area contributed by atoms with Crippen LogP contribution in [0.4, 0.5) is 0 Å². The zero-order valence-electron chi connectivity index (χ0n) is 35.7. The summed E-state index contributed by atoms with van der Waals surface area (Å²) in [6.45, 7) is 4.17. The second kappa shape index (κ2) is 29.8. The Labute approximate surface area is 446 Å². The van der Waals surface area contributed by atoms with Crippen molar-refractivity contribution in [3.05, 3.63) is 179 Å². The quantitative estimate of drug-likeness (QED) is 0.134. The molecule has 0 aliphatic heterocycles. The fourth-order valence-electron chi connectivity index (χ4n) is 6.64. The van der Waals surface area contributed by atoms with Crippen LogP contribution >= 0.6 is 60.8 Å². The van der Waals surface area contributed by atoms with Crippen LogP contribution in [0.15, 0.2) is 147 Å². The minimum Gasteiger partial charge on any atom is -0.478 e. The summed E-state index contributed by atoms with van der Waals surface area (Å²) < 4.78 is 7.33. The van der Waals surface area contributed by atoms with Gasteiger partial charge in [-0.15, -0.1) is 0 Å². The highest BCUT2D eigenvalue weighted by Gasteiger charge is 2.10. The first kappa shape index (κ1) is 64.4. The van der Waals surface area contributed by atoms with Gasteiger partial charge in [-0.2, -0.15) is 5.26 Å². The van der Waals surface area contributed by atoms with Crippen molar-refractivity contribution < 1.29 is 9.90 Å². The Morgan fingerprint density at radius 1 is 0.493 bits per heavy atom. The number of rotatable bonds is 1. The SMILES string of the molecule is C.C.C.C.C.C.Cc1ccnc2[nH]ccc12.Cc1ccnc2c1ccn2P.Clc1ccnc2[nH]ccc12.N#Cc1ccnc2c1ccn2P.O=C(O)c1ccnc2c1ccn2P.Pn1ccc2c(Cl)ccnc21. The molecule has 0 amide bonds. The zero-order valence-corrected chi connectivity index (χ0v) is 41.8. The van der Waals surface area contributed by atoms with Crippen LogP contribution < -0.4 is 0 Å². The third-order valence-electron chi connectivity index (χ3n) is 10.1. The Balaban J connectivity index is 0.000000432. The molecule has 21 heteroatoms. The second-order valence-corrected chi connectivity index (χ2v) is 17.3. The van der Waals surface area contributed by atoms with Crippen LogP contribution in [0.25, 0.3) is 66.2 Å². The molecule has 0 saturated carbocycles. The van der Waals surface area contributed by atoms with Crippen LogP contribution in [0, 0.1) is 25.2 Å². The summed E-state index contributed by atoms with van der Waals surface area (Å²) in [6.07, 6.45) is 21.4. The summed E-state index contributed by atoms with van der Waals surface area (Å²) in [7, 11) is 10.1. The standard InChI is InChI=1S/C8H6N3P.C8H7N2O2P.C8H9N2P.C8H8N2.C7H6ClN2P.C7H5ClN2.6CH4/c9-5-6-1-3-10-8-7(6)2-4-11(8)12;11-8(12)6-1-3-9-7-5(6)2-4-10(7)13;1-6-2-4-9-8-7(6)3-5-10(8)11;1-6-2-4-9-8-7(6)3-5-10-8;8-6-1-3-9-7-5(6)2-4-10(7)11;8-6-2-4-10-7-5(6)1-3-9-7;;;;;;/h1-4H,12H2;1-4H,13H2,(H,11,12);2-5H,11H2,1H3;2-5H,1H3,(H,9,10);1-4H,11H2;1-4H,(H,9,10);6*1H4. The van der Waals surface area contributed by atoms with Crippen molar-refractivity contribution >= 4 is 133 Å². The highest BCUT2D eigenvalue weighted by molar-refractivity contribution is 7.15. The number of pyridine rings is 6. The monoisotopic (exact) mass is 1100 g/mol.